The molecule has 0 rings (SSSR count). The van der Waals surface area contributed by atoms with Gasteiger partial charge in [-0.25, -0.2) is 0 Å². The predicted octanol–water partition coefficient (Wildman–Crippen LogP) is 0.364. The Labute approximate surface area is 67.2 Å². The van der Waals surface area contributed by atoms with Crippen LogP contribution in [0, 0.1) is 5.41 Å². The van der Waals surface area contributed by atoms with E-state index in [-0.39, 0.29) is 11.9 Å². The molecule has 1 atom stereocenters. The fourth-order valence-corrected chi connectivity index (χ4v) is 0.701. The van der Waals surface area contributed by atoms with Crippen molar-refractivity contribution in [1.29, 1.82) is 5.41 Å². The largest absolute Gasteiger partial charge is 0.388 e. The lowest BCUT2D eigenvalue weighted by atomic mass is 10.3. The van der Waals surface area contributed by atoms with Gasteiger partial charge >= 0.3 is 0 Å². The van der Waals surface area contributed by atoms with E-state index in [1.54, 1.807) is 7.11 Å². The summed E-state index contributed by atoms with van der Waals surface area (Å²) < 4.78 is 10.0. The molecule has 66 valence electrons. The third kappa shape index (κ3) is 7.29. The molecule has 0 bridgehead atoms. The highest BCUT2D eigenvalue weighted by Crippen LogP contribution is 1.95. The van der Waals surface area contributed by atoms with Crippen LogP contribution < -0.4 is 5.73 Å². The molecule has 1 unspecified atom stereocenters. The van der Waals surface area contributed by atoms with Crippen LogP contribution in [0.1, 0.15) is 13.3 Å². The van der Waals surface area contributed by atoms with Crippen molar-refractivity contribution in [2.24, 2.45) is 5.73 Å². The normalized spacial score (nSPS) is 12.9. The van der Waals surface area contributed by atoms with Gasteiger partial charge in [0.15, 0.2) is 0 Å². The van der Waals surface area contributed by atoms with Crippen molar-refractivity contribution < 1.29 is 9.47 Å². The van der Waals surface area contributed by atoms with Crippen LogP contribution in [-0.2, 0) is 9.47 Å². The highest BCUT2D eigenvalue weighted by molar-refractivity contribution is 5.77. The summed E-state index contributed by atoms with van der Waals surface area (Å²) in [5.74, 6) is 0.162. The Balaban J connectivity index is 3.22. The third-order valence-electron chi connectivity index (χ3n) is 1.20. The average molecular weight is 160 g/mol. The molecule has 0 aliphatic rings. The Bertz CT molecular complexity index is 117. The van der Waals surface area contributed by atoms with E-state index in [9.17, 15) is 0 Å². The molecule has 0 radical (unpaired) electrons. The number of nitrogens with two attached hydrogens (primary N) is 1. The van der Waals surface area contributed by atoms with Crippen molar-refractivity contribution in [3.8, 4) is 0 Å². The molecular formula is C7H16N2O2. The number of rotatable bonds is 6. The number of nitrogens with one attached hydrogen (secondary N) is 1. The molecule has 11 heavy (non-hydrogen) atoms. The van der Waals surface area contributed by atoms with Gasteiger partial charge in [0.2, 0.25) is 0 Å². The van der Waals surface area contributed by atoms with Gasteiger partial charge in [0, 0.05) is 13.5 Å². The second-order valence-corrected chi connectivity index (χ2v) is 2.40. The molecule has 0 aromatic heterocycles. The average Bonchev–Trinajstić information content (AvgIpc) is 1.86. The lowest BCUT2D eigenvalue weighted by Crippen LogP contribution is -2.20. The molecular weight excluding hydrogens is 144 g/mol. The van der Waals surface area contributed by atoms with Gasteiger partial charge < -0.3 is 15.2 Å². The number of ether oxygens (including phenoxy) is 2. The van der Waals surface area contributed by atoms with Gasteiger partial charge in [0.1, 0.15) is 0 Å². The Morgan fingerprint density at radius 3 is 2.64 bits per heavy atom. The van der Waals surface area contributed by atoms with Crippen LogP contribution in [0.25, 0.3) is 0 Å². The summed E-state index contributed by atoms with van der Waals surface area (Å²) in [5.41, 5.74) is 5.17. The fraction of sp³-hybridized carbons (Fsp3) is 0.857. The molecule has 0 spiro atoms. The third-order valence-corrected chi connectivity index (χ3v) is 1.20. The molecule has 3 N–H and O–H groups in total. The van der Waals surface area contributed by atoms with Gasteiger partial charge in [-0.2, -0.15) is 0 Å². The van der Waals surface area contributed by atoms with Crippen LogP contribution in [0.15, 0.2) is 0 Å². The minimum absolute atomic E-state index is 0.0163. The van der Waals surface area contributed by atoms with Crippen molar-refractivity contribution >= 4 is 5.84 Å². The van der Waals surface area contributed by atoms with Crippen LogP contribution in [-0.4, -0.2) is 32.3 Å². The van der Waals surface area contributed by atoms with Gasteiger partial charge in [-0.05, 0) is 6.92 Å². The zero-order valence-electron chi connectivity index (χ0n) is 7.09. The molecule has 0 saturated carbocycles. The molecule has 4 heteroatoms. The van der Waals surface area contributed by atoms with Gasteiger partial charge in [-0.1, -0.05) is 0 Å². The molecule has 0 aliphatic carbocycles. The van der Waals surface area contributed by atoms with E-state index < -0.39 is 0 Å². The Morgan fingerprint density at radius 2 is 2.18 bits per heavy atom. The molecule has 0 aliphatic heterocycles. The van der Waals surface area contributed by atoms with Gasteiger partial charge in [-0.3, -0.25) is 5.41 Å². The molecule has 0 fully saturated rings. The van der Waals surface area contributed by atoms with E-state index >= 15 is 0 Å². The molecule has 0 heterocycles. The van der Waals surface area contributed by atoms with Crippen molar-refractivity contribution in [1.82, 2.24) is 0 Å². The summed E-state index contributed by atoms with van der Waals surface area (Å²) in [4.78, 5) is 0. The zero-order valence-corrected chi connectivity index (χ0v) is 7.09. The number of hydrogen-bond donors (Lipinski definition) is 2. The first-order valence-electron chi connectivity index (χ1n) is 3.60. The summed E-state index contributed by atoms with van der Waals surface area (Å²) in [5, 5.41) is 6.97. The van der Waals surface area contributed by atoms with Gasteiger partial charge in [0.05, 0.1) is 25.2 Å². The van der Waals surface area contributed by atoms with E-state index in [1.807, 2.05) is 6.92 Å². The van der Waals surface area contributed by atoms with E-state index in [0.717, 1.165) is 0 Å². The number of amidine groups is 1. The molecule has 0 amide bonds. The topological polar surface area (TPSA) is 68.3 Å². The van der Waals surface area contributed by atoms with Crippen LogP contribution in [0.4, 0.5) is 0 Å². The quantitative estimate of drug-likeness (QED) is 0.335. The summed E-state index contributed by atoms with van der Waals surface area (Å²) in [6.45, 7) is 3.03. The second-order valence-electron chi connectivity index (χ2n) is 2.40. The minimum atomic E-state index is 0.0163. The SMILES string of the molecule is COCCOC(C)CC(=N)N. The highest BCUT2D eigenvalue weighted by Gasteiger charge is 2.02. The molecule has 4 nitrogen and oxygen atoms in total. The maximum absolute atomic E-state index is 6.97. The first-order chi connectivity index (χ1) is 5.16. The second kappa shape index (κ2) is 6.12. The maximum Gasteiger partial charge on any atom is 0.0931 e. The standard InChI is InChI=1S/C7H16N2O2/c1-6(5-7(8)9)11-4-3-10-2/h6H,3-5H2,1-2H3,(H3,8,9). The number of hydrogen-bond acceptors (Lipinski definition) is 3. The van der Waals surface area contributed by atoms with Crippen LogP contribution in [0.2, 0.25) is 0 Å². The first-order valence-corrected chi connectivity index (χ1v) is 3.60. The molecule has 0 saturated heterocycles. The molecule has 0 aromatic carbocycles. The van der Waals surface area contributed by atoms with E-state index in [4.69, 9.17) is 20.6 Å². The monoisotopic (exact) mass is 160 g/mol. The van der Waals surface area contributed by atoms with E-state index in [2.05, 4.69) is 0 Å². The summed E-state index contributed by atoms with van der Waals surface area (Å²) in [6, 6.07) is 0. The van der Waals surface area contributed by atoms with Crippen molar-refractivity contribution in [3.63, 3.8) is 0 Å². The van der Waals surface area contributed by atoms with Crippen molar-refractivity contribution in [2.75, 3.05) is 20.3 Å². The summed E-state index contributed by atoms with van der Waals surface area (Å²) >= 11 is 0. The van der Waals surface area contributed by atoms with Crippen LogP contribution in [0.3, 0.4) is 0 Å². The van der Waals surface area contributed by atoms with Crippen LogP contribution >= 0.6 is 0 Å². The van der Waals surface area contributed by atoms with Gasteiger partial charge in [-0.15, -0.1) is 0 Å². The predicted molar refractivity (Wildman–Crippen MR) is 43.8 cm³/mol. The van der Waals surface area contributed by atoms with Crippen LogP contribution in [0.5, 0.6) is 0 Å². The first kappa shape index (κ1) is 10.4. The fourth-order valence-electron chi connectivity index (χ4n) is 0.701. The Hall–Kier alpha value is -0.610. The minimum Gasteiger partial charge on any atom is -0.388 e. The summed E-state index contributed by atoms with van der Waals surface area (Å²) in [6.07, 6.45) is 0.506. The zero-order chi connectivity index (χ0) is 8.69. The smallest absolute Gasteiger partial charge is 0.0931 e. The summed E-state index contributed by atoms with van der Waals surface area (Å²) in [7, 11) is 1.62. The van der Waals surface area contributed by atoms with Gasteiger partial charge in [0.25, 0.3) is 0 Å². The van der Waals surface area contributed by atoms with E-state index in [0.29, 0.717) is 19.6 Å². The Morgan fingerprint density at radius 1 is 1.55 bits per heavy atom. The lowest BCUT2D eigenvalue weighted by molar-refractivity contribution is 0.0297. The van der Waals surface area contributed by atoms with E-state index in [1.165, 1.54) is 0 Å². The Kier molecular flexibility index (Phi) is 5.78. The van der Waals surface area contributed by atoms with Crippen molar-refractivity contribution in [2.45, 2.75) is 19.4 Å². The maximum atomic E-state index is 6.97. The lowest BCUT2D eigenvalue weighted by Gasteiger charge is -2.10. The number of methoxy groups -OCH3 is 1. The van der Waals surface area contributed by atoms with Crippen molar-refractivity contribution in [3.05, 3.63) is 0 Å². The highest BCUT2D eigenvalue weighted by atomic mass is 16.5. The molecule has 0 aromatic rings.